The van der Waals surface area contributed by atoms with Gasteiger partial charge in [-0.2, -0.15) is 12.6 Å². The number of carboxylic acid groups (broad SMARTS) is 1. The maximum Gasteiger partial charge on any atom is 0.322 e. The van der Waals surface area contributed by atoms with Crippen molar-refractivity contribution in [3.8, 4) is 0 Å². The maximum atomic E-state index is 13.5. The maximum absolute atomic E-state index is 13.5. The largest absolute Gasteiger partial charge is 0.480 e. The highest BCUT2D eigenvalue weighted by molar-refractivity contribution is 7.80. The summed E-state index contributed by atoms with van der Waals surface area (Å²) in [4.78, 5) is 121. The highest BCUT2D eigenvalue weighted by Crippen LogP contribution is 2.26. The number of amides is 8. The predicted octanol–water partition coefficient (Wildman–Crippen LogP) is -5.51. The molecule has 5 rings (SSSR count). The van der Waals surface area contributed by atoms with Crippen molar-refractivity contribution in [2.45, 2.75) is 99.8 Å². The lowest BCUT2D eigenvalue weighted by atomic mass is 10.1. The number of nitrogens with zero attached hydrogens (tertiary/aromatic N) is 4. The molecule has 56 heavy (non-hydrogen) atoms. The average molecular weight is 810 g/mol. The fraction of sp³-hybridized carbons (Fsp3) is 0.735. The molecule has 0 saturated carbocycles. The molecule has 21 nitrogen and oxygen atoms in total. The van der Waals surface area contributed by atoms with E-state index < -0.39 is 115 Å². The third kappa shape index (κ3) is 10.1. The molecule has 0 aromatic heterocycles. The second kappa shape index (κ2) is 19.1. The number of nitrogens with one attached hydrogen (secondary N) is 5. The first-order valence-electron chi connectivity index (χ1n) is 19.0. The molecule has 0 aromatic rings. The van der Waals surface area contributed by atoms with E-state index in [1.807, 2.05) is 0 Å². The Morgan fingerprint density at radius 1 is 0.661 bits per heavy atom. The molecule has 8 amide bonds. The van der Waals surface area contributed by atoms with Crippen LogP contribution in [0.25, 0.3) is 0 Å². The quantitative estimate of drug-likeness (QED) is 0.0742. The van der Waals surface area contributed by atoms with Crippen molar-refractivity contribution < 1.29 is 58.5 Å². The van der Waals surface area contributed by atoms with Crippen molar-refractivity contribution in [3.63, 3.8) is 0 Å². The highest BCUT2D eigenvalue weighted by Gasteiger charge is 2.45. The van der Waals surface area contributed by atoms with Gasteiger partial charge in [-0.25, -0.2) is 0 Å². The first kappa shape index (κ1) is 42.6. The van der Waals surface area contributed by atoms with E-state index in [1.54, 1.807) is 0 Å². The lowest BCUT2D eigenvalue weighted by molar-refractivity contribution is -0.147. The molecule has 8 N–H and O–H groups in total. The molecular formula is C34H51N9O12S. The molecule has 5 saturated heterocycles. The van der Waals surface area contributed by atoms with Gasteiger partial charge >= 0.3 is 5.97 Å². The van der Waals surface area contributed by atoms with E-state index in [1.165, 1.54) is 14.7 Å². The van der Waals surface area contributed by atoms with Crippen molar-refractivity contribution >= 4 is 65.9 Å². The van der Waals surface area contributed by atoms with E-state index in [0.717, 1.165) is 4.90 Å². The second-order valence-electron chi connectivity index (χ2n) is 14.7. The summed E-state index contributed by atoms with van der Waals surface area (Å²) >= 11 is 4.22. The van der Waals surface area contributed by atoms with Crippen LogP contribution in [0.15, 0.2) is 0 Å². The van der Waals surface area contributed by atoms with Gasteiger partial charge in [0, 0.05) is 44.9 Å². The summed E-state index contributed by atoms with van der Waals surface area (Å²) in [5.41, 5.74) is 0. The van der Waals surface area contributed by atoms with Gasteiger partial charge in [0.1, 0.15) is 36.8 Å². The van der Waals surface area contributed by atoms with Crippen LogP contribution in [0, 0.1) is 0 Å². The smallest absolute Gasteiger partial charge is 0.322 e. The minimum Gasteiger partial charge on any atom is -0.480 e. The predicted molar refractivity (Wildman–Crippen MR) is 195 cm³/mol. The zero-order chi connectivity index (χ0) is 40.7. The van der Waals surface area contributed by atoms with E-state index in [4.69, 9.17) is 5.11 Å². The Hall–Kier alpha value is -4.54. The van der Waals surface area contributed by atoms with Crippen LogP contribution in [0.5, 0.6) is 0 Å². The number of carbonyl (C=O) groups is 9. The number of aliphatic hydroxyl groups is 2. The summed E-state index contributed by atoms with van der Waals surface area (Å²) in [7, 11) is 0. The van der Waals surface area contributed by atoms with Gasteiger partial charge < -0.3 is 61.5 Å². The number of β-amino-alcohol motifs (C(OH)–C–C–N with tert-alkyl or cyclic N) is 2. The average Bonchev–Trinajstić information content (AvgIpc) is 4.03. The van der Waals surface area contributed by atoms with Crippen molar-refractivity contribution in [2.75, 3.05) is 58.1 Å². The van der Waals surface area contributed by atoms with Crippen LogP contribution >= 0.6 is 12.6 Å². The molecule has 0 aliphatic carbocycles. The van der Waals surface area contributed by atoms with Crippen molar-refractivity contribution in [3.05, 3.63) is 0 Å². The first-order chi connectivity index (χ1) is 26.7. The Morgan fingerprint density at radius 3 is 1.75 bits per heavy atom. The van der Waals surface area contributed by atoms with Crippen LogP contribution in [0.4, 0.5) is 0 Å². The molecule has 5 heterocycles. The summed E-state index contributed by atoms with van der Waals surface area (Å²) in [5, 5.41) is 41.9. The van der Waals surface area contributed by atoms with Gasteiger partial charge in [-0.15, -0.1) is 0 Å². The van der Waals surface area contributed by atoms with Gasteiger partial charge in [-0.1, -0.05) is 0 Å². The van der Waals surface area contributed by atoms with Crippen molar-refractivity contribution in [2.24, 2.45) is 0 Å². The highest BCUT2D eigenvalue weighted by atomic mass is 32.1. The third-order valence-electron chi connectivity index (χ3n) is 10.9. The standard InChI is InChI=1S/C34H51N9O12S/c44-18-10-20(35-12-18)32(53)40-7-1-4-22(40)29(50)36-13-26(46)39-21(17-56)33(54)41-8-2-5-23(41)30(51)37-14-27(47)43-16-19(45)11-25(43)34(55)42-9-3-6-24(42)31(52)38-15-28(48)49/h18-25,35,44-45,56H,1-17H2,(H,36,50)(H,37,51)(H,38,52)(H,39,46)(H,48,49)/t18-,19-,20+,21+,22+,23+,24+,25+/m1/s1. The van der Waals surface area contributed by atoms with Gasteiger partial charge in [0.05, 0.1) is 31.3 Å². The number of aliphatic carboxylic acids is 1. The van der Waals surface area contributed by atoms with Gasteiger partial charge in [0.25, 0.3) is 0 Å². The number of likely N-dealkylation sites (tertiary alicyclic amines) is 4. The number of carbonyl (C=O) groups excluding carboxylic acids is 8. The normalized spacial score (nSPS) is 27.9. The molecule has 310 valence electrons. The number of hydrogen-bond acceptors (Lipinski definition) is 13. The Bertz CT molecular complexity index is 1570. The summed E-state index contributed by atoms with van der Waals surface area (Å²) in [6.45, 7) is -0.788. The summed E-state index contributed by atoms with van der Waals surface area (Å²) in [6.07, 6.45) is 0.995. The van der Waals surface area contributed by atoms with E-state index >= 15 is 0 Å². The van der Waals surface area contributed by atoms with Crippen LogP contribution in [-0.4, -0.2) is 195 Å². The van der Waals surface area contributed by atoms with E-state index in [2.05, 4.69) is 39.2 Å². The number of rotatable bonds is 14. The molecule has 5 aliphatic rings. The van der Waals surface area contributed by atoms with E-state index in [-0.39, 0.29) is 57.1 Å². The molecule has 5 aliphatic heterocycles. The molecule has 5 fully saturated rings. The lowest BCUT2D eigenvalue weighted by Gasteiger charge is -2.31. The Labute approximate surface area is 328 Å². The van der Waals surface area contributed by atoms with Crippen molar-refractivity contribution in [1.29, 1.82) is 0 Å². The Kier molecular flexibility index (Phi) is 14.5. The first-order valence-corrected chi connectivity index (χ1v) is 19.6. The molecule has 0 spiro atoms. The Balaban J connectivity index is 1.10. The number of thiol groups is 1. The van der Waals surface area contributed by atoms with Gasteiger partial charge in [-0.3, -0.25) is 43.2 Å². The Morgan fingerprint density at radius 2 is 1.20 bits per heavy atom. The second-order valence-corrected chi connectivity index (χ2v) is 15.1. The van der Waals surface area contributed by atoms with Crippen LogP contribution in [0.2, 0.25) is 0 Å². The molecule has 8 atom stereocenters. The van der Waals surface area contributed by atoms with Gasteiger partial charge in [0.15, 0.2) is 0 Å². The molecular weight excluding hydrogens is 758 g/mol. The minimum atomic E-state index is -1.24. The summed E-state index contributed by atoms with van der Waals surface area (Å²) < 4.78 is 0. The van der Waals surface area contributed by atoms with Crippen LogP contribution < -0.4 is 26.6 Å². The zero-order valence-corrected chi connectivity index (χ0v) is 31.8. The SMILES string of the molecule is O=C(O)CNC(=O)[C@@H]1CCCN1C(=O)[C@@H]1C[C@@H](O)CN1C(=O)CNC(=O)[C@@H]1CCCN1C(=O)[C@H](CS)NC(=O)CNC(=O)[C@@H]1CCCN1C(=O)[C@@H]1C[C@@H](O)CN1. The molecule has 0 aromatic carbocycles. The summed E-state index contributed by atoms with van der Waals surface area (Å²) in [6, 6.07) is -5.54. The topological polar surface area (TPSA) is 287 Å². The summed E-state index contributed by atoms with van der Waals surface area (Å²) in [5.74, 6) is -5.99. The monoisotopic (exact) mass is 809 g/mol. The van der Waals surface area contributed by atoms with E-state index in [0.29, 0.717) is 38.6 Å². The van der Waals surface area contributed by atoms with Gasteiger partial charge in [-0.05, 0) is 44.9 Å². The molecule has 0 radical (unpaired) electrons. The van der Waals surface area contributed by atoms with E-state index in [9.17, 15) is 53.4 Å². The van der Waals surface area contributed by atoms with Crippen LogP contribution in [0.3, 0.4) is 0 Å². The van der Waals surface area contributed by atoms with Crippen molar-refractivity contribution in [1.82, 2.24) is 46.2 Å². The lowest BCUT2D eigenvalue weighted by Crippen LogP contribution is -2.57. The number of carboxylic acids is 1. The van der Waals surface area contributed by atoms with Crippen LogP contribution in [-0.2, 0) is 43.2 Å². The van der Waals surface area contributed by atoms with Gasteiger partial charge in [0.2, 0.25) is 47.3 Å². The third-order valence-corrected chi connectivity index (χ3v) is 11.2. The molecule has 0 bridgehead atoms. The zero-order valence-electron chi connectivity index (χ0n) is 30.9. The fourth-order valence-corrected chi connectivity index (χ4v) is 8.36. The molecule has 22 heteroatoms. The molecule has 0 unspecified atom stereocenters. The van der Waals surface area contributed by atoms with Crippen LogP contribution in [0.1, 0.15) is 51.4 Å². The fourth-order valence-electron chi connectivity index (χ4n) is 8.11. The number of aliphatic hydroxyl groups excluding tert-OH is 2. The number of hydrogen-bond donors (Lipinski definition) is 9. The minimum absolute atomic E-state index is 0.0908.